The number of aromatic nitrogens is 1. The van der Waals surface area contributed by atoms with Crippen LogP contribution in [0.15, 0.2) is 24.4 Å². The van der Waals surface area contributed by atoms with Gasteiger partial charge in [-0.05, 0) is 24.7 Å². The molecular formula is C12H13FN2O. The molecule has 1 aromatic heterocycles. The lowest BCUT2D eigenvalue weighted by Gasteiger charge is -1.99. The second kappa shape index (κ2) is 4.45. The van der Waals surface area contributed by atoms with Crippen LogP contribution in [0.2, 0.25) is 0 Å². The number of fused-ring (bicyclic) bond motifs is 1. The van der Waals surface area contributed by atoms with Crippen molar-refractivity contribution in [1.82, 2.24) is 10.3 Å². The summed E-state index contributed by atoms with van der Waals surface area (Å²) in [6.07, 6.45) is 1.63. The second-order valence-corrected chi connectivity index (χ2v) is 3.60. The Morgan fingerprint density at radius 1 is 1.50 bits per heavy atom. The van der Waals surface area contributed by atoms with Crippen LogP contribution in [-0.4, -0.2) is 23.9 Å². The van der Waals surface area contributed by atoms with Gasteiger partial charge in [0.2, 0.25) is 0 Å². The van der Waals surface area contributed by atoms with Crippen LogP contribution in [-0.2, 0) is 0 Å². The van der Waals surface area contributed by atoms with E-state index in [1.54, 1.807) is 12.3 Å². The fourth-order valence-electron chi connectivity index (χ4n) is 1.66. The minimum Gasteiger partial charge on any atom is -0.360 e. The van der Waals surface area contributed by atoms with Crippen molar-refractivity contribution in [2.75, 3.05) is 13.1 Å². The highest BCUT2D eigenvalue weighted by Gasteiger charge is 2.11. The van der Waals surface area contributed by atoms with E-state index in [0.29, 0.717) is 10.9 Å². The Morgan fingerprint density at radius 2 is 2.31 bits per heavy atom. The first-order valence-electron chi connectivity index (χ1n) is 5.23. The van der Waals surface area contributed by atoms with Gasteiger partial charge in [0.1, 0.15) is 5.82 Å². The Kier molecular flexibility index (Phi) is 3.01. The van der Waals surface area contributed by atoms with Crippen molar-refractivity contribution in [3.8, 4) is 0 Å². The Morgan fingerprint density at radius 3 is 3.06 bits per heavy atom. The molecule has 2 N–H and O–H groups in total. The van der Waals surface area contributed by atoms with Crippen LogP contribution >= 0.6 is 0 Å². The molecule has 0 atom stereocenters. The zero-order chi connectivity index (χ0) is 11.5. The smallest absolute Gasteiger partial charge is 0.178 e. The molecule has 0 amide bonds. The van der Waals surface area contributed by atoms with Gasteiger partial charge in [-0.3, -0.25) is 4.79 Å². The number of hydrogen-bond acceptors (Lipinski definition) is 2. The normalized spacial score (nSPS) is 10.9. The number of nitrogens with one attached hydrogen (secondary N) is 2. The van der Waals surface area contributed by atoms with Crippen molar-refractivity contribution in [3.05, 3.63) is 35.8 Å². The van der Waals surface area contributed by atoms with Gasteiger partial charge in [-0.1, -0.05) is 6.92 Å². The minimum absolute atomic E-state index is 0.0290. The molecule has 0 aliphatic carbocycles. The number of ketones is 1. The summed E-state index contributed by atoms with van der Waals surface area (Å²) >= 11 is 0. The number of aromatic amines is 1. The molecule has 0 aliphatic heterocycles. The van der Waals surface area contributed by atoms with Gasteiger partial charge >= 0.3 is 0 Å². The monoisotopic (exact) mass is 220 g/mol. The van der Waals surface area contributed by atoms with Gasteiger partial charge in [0.15, 0.2) is 5.78 Å². The van der Waals surface area contributed by atoms with E-state index in [1.807, 2.05) is 6.92 Å². The van der Waals surface area contributed by atoms with Gasteiger partial charge in [-0.15, -0.1) is 0 Å². The van der Waals surface area contributed by atoms with Crippen molar-refractivity contribution in [2.24, 2.45) is 0 Å². The molecule has 3 nitrogen and oxygen atoms in total. The predicted octanol–water partition coefficient (Wildman–Crippen LogP) is 2.10. The van der Waals surface area contributed by atoms with Gasteiger partial charge in [0.25, 0.3) is 0 Å². The van der Waals surface area contributed by atoms with E-state index in [-0.39, 0.29) is 18.1 Å². The van der Waals surface area contributed by atoms with Crippen LogP contribution in [0.1, 0.15) is 17.3 Å². The Bertz CT molecular complexity index is 519. The molecule has 0 aliphatic rings. The highest BCUT2D eigenvalue weighted by Crippen LogP contribution is 2.19. The summed E-state index contributed by atoms with van der Waals surface area (Å²) in [5, 5.41) is 3.60. The average molecular weight is 220 g/mol. The lowest BCUT2D eigenvalue weighted by atomic mass is 10.1. The predicted molar refractivity (Wildman–Crippen MR) is 61.1 cm³/mol. The third kappa shape index (κ3) is 1.97. The third-order valence-corrected chi connectivity index (χ3v) is 2.48. The van der Waals surface area contributed by atoms with E-state index in [0.717, 1.165) is 12.1 Å². The third-order valence-electron chi connectivity index (χ3n) is 2.48. The first-order valence-corrected chi connectivity index (χ1v) is 5.23. The molecule has 0 saturated carbocycles. The van der Waals surface area contributed by atoms with Crippen LogP contribution in [0.4, 0.5) is 4.39 Å². The summed E-state index contributed by atoms with van der Waals surface area (Å²) < 4.78 is 13.1. The Labute approximate surface area is 92.7 Å². The van der Waals surface area contributed by atoms with Crippen molar-refractivity contribution in [3.63, 3.8) is 0 Å². The maximum atomic E-state index is 13.1. The topological polar surface area (TPSA) is 44.9 Å². The molecule has 1 aromatic carbocycles. The number of H-pyrrole nitrogens is 1. The second-order valence-electron chi connectivity index (χ2n) is 3.60. The van der Waals surface area contributed by atoms with Crippen LogP contribution in [0.3, 0.4) is 0 Å². The van der Waals surface area contributed by atoms with Gasteiger partial charge in [-0.2, -0.15) is 0 Å². The van der Waals surface area contributed by atoms with E-state index in [4.69, 9.17) is 0 Å². The molecule has 0 fully saturated rings. The molecule has 2 aromatic rings. The number of carbonyl (C=O) groups excluding carboxylic acids is 1. The maximum absolute atomic E-state index is 13.1. The SMILES string of the molecule is CCNCC(=O)c1c[nH]c2ccc(F)cc12. The maximum Gasteiger partial charge on any atom is 0.178 e. The van der Waals surface area contributed by atoms with Crippen LogP contribution in [0.25, 0.3) is 10.9 Å². The van der Waals surface area contributed by atoms with Crippen LogP contribution in [0.5, 0.6) is 0 Å². The number of rotatable bonds is 4. The summed E-state index contributed by atoms with van der Waals surface area (Å²) in [6, 6.07) is 4.39. The number of likely N-dealkylation sites (N-methyl/N-ethyl adjacent to an activating group) is 1. The molecule has 1 heterocycles. The van der Waals surface area contributed by atoms with Gasteiger partial charge in [0.05, 0.1) is 6.54 Å². The van der Waals surface area contributed by atoms with Crippen LogP contribution < -0.4 is 5.32 Å². The van der Waals surface area contributed by atoms with Crippen molar-refractivity contribution >= 4 is 16.7 Å². The van der Waals surface area contributed by atoms with Crippen LogP contribution in [0, 0.1) is 5.82 Å². The lowest BCUT2D eigenvalue weighted by molar-refractivity contribution is 0.0993. The Balaban J connectivity index is 2.37. The largest absolute Gasteiger partial charge is 0.360 e. The zero-order valence-electron chi connectivity index (χ0n) is 9.01. The fourth-order valence-corrected chi connectivity index (χ4v) is 1.66. The van der Waals surface area contributed by atoms with E-state index in [9.17, 15) is 9.18 Å². The minimum atomic E-state index is -0.329. The summed E-state index contributed by atoms with van der Waals surface area (Å²) in [5.74, 6) is -0.358. The van der Waals surface area contributed by atoms with Gasteiger partial charge in [-0.25, -0.2) is 4.39 Å². The quantitative estimate of drug-likeness (QED) is 0.775. The number of Topliss-reactive ketones (excluding diaryl/α,β-unsaturated/α-hetero) is 1. The molecule has 0 spiro atoms. The number of hydrogen-bond donors (Lipinski definition) is 2. The molecule has 4 heteroatoms. The van der Waals surface area contributed by atoms with Crippen molar-refractivity contribution < 1.29 is 9.18 Å². The number of benzene rings is 1. The van der Waals surface area contributed by atoms with E-state index < -0.39 is 0 Å². The average Bonchev–Trinajstić information content (AvgIpc) is 2.68. The molecule has 0 unspecified atom stereocenters. The fraction of sp³-hybridized carbons (Fsp3) is 0.250. The van der Waals surface area contributed by atoms with Gasteiger partial charge < -0.3 is 10.3 Å². The lowest BCUT2D eigenvalue weighted by Crippen LogP contribution is -2.22. The molecule has 0 radical (unpaired) electrons. The molecule has 2 rings (SSSR count). The first kappa shape index (κ1) is 10.8. The summed E-state index contributed by atoms with van der Waals surface area (Å²) in [4.78, 5) is 14.7. The zero-order valence-corrected chi connectivity index (χ0v) is 9.01. The van der Waals surface area contributed by atoms with E-state index >= 15 is 0 Å². The number of carbonyl (C=O) groups is 1. The molecular weight excluding hydrogens is 207 g/mol. The van der Waals surface area contributed by atoms with Gasteiger partial charge in [0, 0.05) is 22.7 Å². The highest BCUT2D eigenvalue weighted by molar-refractivity contribution is 6.08. The van der Waals surface area contributed by atoms with E-state index in [1.165, 1.54) is 12.1 Å². The first-order chi connectivity index (χ1) is 7.72. The molecule has 0 bridgehead atoms. The summed E-state index contributed by atoms with van der Waals surface area (Å²) in [5.41, 5.74) is 1.32. The van der Waals surface area contributed by atoms with Crippen molar-refractivity contribution in [2.45, 2.75) is 6.92 Å². The summed E-state index contributed by atoms with van der Waals surface area (Å²) in [6.45, 7) is 2.95. The summed E-state index contributed by atoms with van der Waals surface area (Å²) in [7, 11) is 0. The van der Waals surface area contributed by atoms with Crippen molar-refractivity contribution in [1.29, 1.82) is 0 Å². The number of halogens is 1. The molecule has 84 valence electrons. The molecule has 0 saturated heterocycles. The van der Waals surface area contributed by atoms with E-state index in [2.05, 4.69) is 10.3 Å². The highest BCUT2D eigenvalue weighted by atomic mass is 19.1. The Hall–Kier alpha value is -1.68. The standard InChI is InChI=1S/C12H13FN2O/c1-2-14-7-12(16)10-6-15-11-4-3-8(13)5-9(10)11/h3-6,14-15H,2,7H2,1H3. The molecule has 16 heavy (non-hydrogen) atoms.